The summed E-state index contributed by atoms with van der Waals surface area (Å²) in [5.41, 5.74) is 2.06. The van der Waals surface area contributed by atoms with Gasteiger partial charge >= 0.3 is 11.9 Å². The summed E-state index contributed by atoms with van der Waals surface area (Å²) in [7, 11) is 0. The summed E-state index contributed by atoms with van der Waals surface area (Å²) >= 11 is 12.1. The van der Waals surface area contributed by atoms with Gasteiger partial charge in [0.25, 0.3) is 5.91 Å². The number of rotatable bonds is 8. The minimum atomic E-state index is -1.16. The zero-order valence-corrected chi connectivity index (χ0v) is 20.1. The number of hydrogen-bond donors (Lipinski definition) is 4. The van der Waals surface area contributed by atoms with Gasteiger partial charge in [-0.2, -0.15) is 0 Å². The third-order valence-electron chi connectivity index (χ3n) is 5.78. The Labute approximate surface area is 211 Å². The summed E-state index contributed by atoms with van der Waals surface area (Å²) in [5.74, 6) is -3.36. The average Bonchev–Trinajstić information content (AvgIpc) is 2.79. The maximum absolute atomic E-state index is 12.6. The normalized spacial score (nSPS) is 16.2. The van der Waals surface area contributed by atoms with Crippen LogP contribution in [0.1, 0.15) is 41.6 Å². The summed E-state index contributed by atoms with van der Waals surface area (Å²) < 4.78 is 0. The molecular weight excluding hydrogens is 495 g/mol. The molecule has 1 unspecified atom stereocenters. The molecule has 0 radical (unpaired) electrons. The smallest absolute Gasteiger partial charge is 0.328 e. The van der Waals surface area contributed by atoms with Crippen LogP contribution in [0.4, 0.5) is 5.69 Å². The van der Waals surface area contributed by atoms with E-state index in [1.54, 1.807) is 42.5 Å². The second-order valence-electron chi connectivity index (χ2n) is 8.27. The van der Waals surface area contributed by atoms with Crippen molar-refractivity contribution in [3.05, 3.63) is 75.3 Å². The highest BCUT2D eigenvalue weighted by Crippen LogP contribution is 2.29. The predicted octanol–water partition coefficient (Wildman–Crippen LogP) is 4.56. The van der Waals surface area contributed by atoms with Gasteiger partial charge in [0.1, 0.15) is 6.04 Å². The first-order chi connectivity index (χ1) is 16.6. The molecule has 1 aliphatic rings. The first kappa shape index (κ1) is 26.2. The van der Waals surface area contributed by atoms with E-state index in [1.807, 2.05) is 0 Å². The Balaban J connectivity index is 1.58. The Kier molecular flexibility index (Phi) is 8.89. The van der Waals surface area contributed by atoms with E-state index < -0.39 is 23.9 Å². The van der Waals surface area contributed by atoms with Gasteiger partial charge in [-0.15, -0.1) is 0 Å². The molecule has 1 fully saturated rings. The summed E-state index contributed by atoms with van der Waals surface area (Å²) in [6.07, 6.45) is 3.16. The third kappa shape index (κ3) is 7.31. The largest absolute Gasteiger partial charge is 0.480 e. The highest BCUT2D eigenvalue weighted by Gasteiger charge is 2.28. The Morgan fingerprint density at radius 2 is 1.57 bits per heavy atom. The van der Waals surface area contributed by atoms with Gasteiger partial charge in [0.15, 0.2) is 0 Å². The van der Waals surface area contributed by atoms with Crippen LogP contribution < -0.4 is 10.6 Å². The van der Waals surface area contributed by atoms with Crippen LogP contribution in [-0.4, -0.2) is 40.0 Å². The first-order valence-electron chi connectivity index (χ1n) is 10.9. The van der Waals surface area contributed by atoms with Gasteiger partial charge in [0.2, 0.25) is 5.91 Å². The molecule has 0 aliphatic heterocycles. The minimum absolute atomic E-state index is 0.0581. The molecule has 10 heteroatoms. The van der Waals surface area contributed by atoms with Crippen molar-refractivity contribution in [2.45, 2.75) is 38.1 Å². The second-order valence-corrected chi connectivity index (χ2v) is 9.08. The number of benzene rings is 2. The number of anilines is 1. The van der Waals surface area contributed by atoms with Gasteiger partial charge in [-0.05, 0) is 55.5 Å². The van der Waals surface area contributed by atoms with Gasteiger partial charge in [-0.3, -0.25) is 9.59 Å². The Bertz CT molecular complexity index is 1130. The van der Waals surface area contributed by atoms with Gasteiger partial charge in [0.05, 0.1) is 15.6 Å². The van der Waals surface area contributed by atoms with Crippen LogP contribution in [0.2, 0.25) is 10.0 Å². The van der Waals surface area contributed by atoms with Gasteiger partial charge in [0, 0.05) is 24.1 Å². The van der Waals surface area contributed by atoms with Crippen molar-refractivity contribution in [1.82, 2.24) is 5.32 Å². The molecule has 0 spiro atoms. The van der Waals surface area contributed by atoms with E-state index in [-0.39, 0.29) is 33.9 Å². The number of allylic oxidation sites excluding steroid dienone is 1. The van der Waals surface area contributed by atoms with Crippen molar-refractivity contribution in [2.24, 2.45) is 5.92 Å². The average molecular weight is 519 g/mol. The molecule has 0 bridgehead atoms. The number of carboxylic acid groups (broad SMARTS) is 2. The van der Waals surface area contributed by atoms with E-state index in [0.29, 0.717) is 36.9 Å². The molecule has 1 atom stereocenters. The van der Waals surface area contributed by atoms with Crippen molar-refractivity contribution < 1.29 is 29.4 Å². The topological polar surface area (TPSA) is 133 Å². The molecule has 0 heterocycles. The fourth-order valence-electron chi connectivity index (χ4n) is 3.93. The molecule has 0 aromatic heterocycles. The molecule has 35 heavy (non-hydrogen) atoms. The zero-order valence-electron chi connectivity index (χ0n) is 18.6. The lowest BCUT2D eigenvalue weighted by Crippen LogP contribution is -2.45. The Morgan fingerprint density at radius 1 is 0.971 bits per heavy atom. The molecular formula is C25H24Cl2N2O6. The quantitative estimate of drug-likeness (QED) is 0.378. The number of carbonyl (C=O) groups excluding carboxylic acids is 2. The number of amides is 2. The molecule has 4 N–H and O–H groups in total. The third-order valence-corrected chi connectivity index (χ3v) is 6.41. The second kappa shape index (κ2) is 11.9. The number of carboxylic acids is 2. The molecule has 1 aliphatic carbocycles. The van der Waals surface area contributed by atoms with Crippen LogP contribution in [0.5, 0.6) is 0 Å². The van der Waals surface area contributed by atoms with Crippen LogP contribution in [0.25, 0.3) is 0 Å². The maximum Gasteiger partial charge on any atom is 0.328 e. The molecule has 0 saturated heterocycles. The SMILES string of the molecule is O=C(O)C=C1CCC(C(=O)NC(Cc2ccc(NC(=O)c3c(Cl)cccc3Cl)cc2)C(=O)O)CC1. The fourth-order valence-corrected chi connectivity index (χ4v) is 4.50. The first-order valence-corrected chi connectivity index (χ1v) is 11.7. The van der Waals surface area contributed by atoms with E-state index >= 15 is 0 Å². The highest BCUT2D eigenvalue weighted by atomic mass is 35.5. The van der Waals surface area contributed by atoms with E-state index in [1.165, 1.54) is 6.08 Å². The van der Waals surface area contributed by atoms with Crippen molar-refractivity contribution in [3.8, 4) is 0 Å². The lowest BCUT2D eigenvalue weighted by atomic mass is 9.85. The number of aliphatic carboxylic acids is 2. The molecule has 2 aromatic carbocycles. The highest BCUT2D eigenvalue weighted by molar-refractivity contribution is 6.40. The summed E-state index contributed by atoms with van der Waals surface area (Å²) in [4.78, 5) is 47.7. The van der Waals surface area contributed by atoms with Crippen LogP contribution in [-0.2, 0) is 20.8 Å². The van der Waals surface area contributed by atoms with E-state index in [0.717, 1.165) is 5.57 Å². The fraction of sp³-hybridized carbons (Fsp3) is 0.280. The molecule has 2 amide bonds. The van der Waals surface area contributed by atoms with Crippen LogP contribution in [0.15, 0.2) is 54.1 Å². The van der Waals surface area contributed by atoms with Crippen molar-refractivity contribution in [3.63, 3.8) is 0 Å². The van der Waals surface area contributed by atoms with E-state index in [4.69, 9.17) is 28.3 Å². The van der Waals surface area contributed by atoms with Crippen molar-refractivity contribution in [1.29, 1.82) is 0 Å². The number of halogens is 2. The summed E-state index contributed by atoms with van der Waals surface area (Å²) in [5, 5.41) is 24.2. The van der Waals surface area contributed by atoms with Crippen molar-refractivity contribution in [2.75, 3.05) is 5.32 Å². The lowest BCUT2D eigenvalue weighted by Gasteiger charge is -2.24. The molecule has 1 saturated carbocycles. The zero-order chi connectivity index (χ0) is 25.5. The van der Waals surface area contributed by atoms with Crippen LogP contribution in [0.3, 0.4) is 0 Å². The standard InChI is InChI=1S/C25H24Cl2N2O6/c26-18-2-1-3-19(27)22(18)24(33)28-17-10-6-14(7-11-17)12-20(25(34)35)29-23(32)16-8-4-15(5-9-16)13-21(30)31/h1-3,6-7,10-11,13,16,20H,4-5,8-9,12H2,(H,28,33)(H,29,32)(H,30,31)(H,34,35). The monoisotopic (exact) mass is 518 g/mol. The predicted molar refractivity (Wildman–Crippen MR) is 132 cm³/mol. The van der Waals surface area contributed by atoms with Crippen LogP contribution >= 0.6 is 23.2 Å². The van der Waals surface area contributed by atoms with Crippen molar-refractivity contribution >= 4 is 52.6 Å². The van der Waals surface area contributed by atoms with Gasteiger partial charge in [-0.25, -0.2) is 9.59 Å². The number of nitrogens with one attached hydrogen (secondary N) is 2. The Hall–Kier alpha value is -3.36. The number of hydrogen-bond acceptors (Lipinski definition) is 4. The number of carbonyl (C=O) groups is 4. The molecule has 3 rings (SSSR count). The van der Waals surface area contributed by atoms with Crippen LogP contribution in [0, 0.1) is 5.92 Å². The van der Waals surface area contributed by atoms with Gasteiger partial charge in [-0.1, -0.05) is 47.0 Å². The summed E-state index contributed by atoms with van der Waals surface area (Å²) in [6, 6.07) is 10.2. The molecule has 8 nitrogen and oxygen atoms in total. The molecule has 184 valence electrons. The van der Waals surface area contributed by atoms with E-state index in [9.17, 15) is 24.3 Å². The maximum atomic E-state index is 12.6. The van der Waals surface area contributed by atoms with Gasteiger partial charge < -0.3 is 20.8 Å². The lowest BCUT2D eigenvalue weighted by molar-refractivity contribution is -0.142. The van der Waals surface area contributed by atoms with E-state index in [2.05, 4.69) is 10.6 Å². The summed E-state index contributed by atoms with van der Waals surface area (Å²) in [6.45, 7) is 0. The Morgan fingerprint density at radius 3 is 2.11 bits per heavy atom. The molecule has 2 aromatic rings. The minimum Gasteiger partial charge on any atom is -0.480 e.